The first-order valence-corrected chi connectivity index (χ1v) is 9.72. The highest BCUT2D eigenvalue weighted by Crippen LogP contribution is 2.23. The van der Waals surface area contributed by atoms with Crippen molar-refractivity contribution >= 4 is 40.0 Å². The summed E-state index contributed by atoms with van der Waals surface area (Å²) in [6.07, 6.45) is 3.65. The van der Waals surface area contributed by atoms with E-state index >= 15 is 0 Å². The van der Waals surface area contributed by atoms with Gasteiger partial charge in [0.25, 0.3) is 11.4 Å². The van der Waals surface area contributed by atoms with Crippen LogP contribution in [0.25, 0.3) is 11.5 Å². The van der Waals surface area contributed by atoms with E-state index in [0.29, 0.717) is 16.2 Å². The van der Waals surface area contributed by atoms with E-state index in [4.69, 9.17) is 12.2 Å². The van der Waals surface area contributed by atoms with Crippen LogP contribution < -0.4 is 9.88 Å². The van der Waals surface area contributed by atoms with Crippen LogP contribution in [0, 0.1) is 30.9 Å². The molecule has 0 atom stereocenters. The summed E-state index contributed by atoms with van der Waals surface area (Å²) in [5.74, 6) is -0.0808. The summed E-state index contributed by atoms with van der Waals surface area (Å²) in [6, 6.07) is 15.5. The van der Waals surface area contributed by atoms with Crippen LogP contribution in [-0.2, 0) is 0 Å². The first-order valence-electron chi connectivity index (χ1n) is 9.31. The number of nitro groups is 1. The fraction of sp³-hybridized carbons (Fsp3) is 0.130. The molecule has 30 heavy (non-hydrogen) atoms. The summed E-state index contributed by atoms with van der Waals surface area (Å²) in [7, 11) is 0. The van der Waals surface area contributed by atoms with E-state index < -0.39 is 4.92 Å². The number of rotatable bonds is 5. The average molecular weight is 421 g/mol. The van der Waals surface area contributed by atoms with Crippen LogP contribution >= 0.6 is 12.2 Å². The van der Waals surface area contributed by atoms with E-state index in [-0.39, 0.29) is 11.4 Å². The Morgan fingerprint density at radius 2 is 1.77 bits per heavy atom. The van der Waals surface area contributed by atoms with Gasteiger partial charge in [-0.3, -0.25) is 10.1 Å². The maximum Gasteiger partial charge on any atom is 0.288 e. The standard InChI is InChI=1S/C23H21N3O3S/c1-15-6-11-20(17(3)13-15)24-23(30)21(25-12-4-5-16(2)14-25)22(27)18-7-9-19(10-8-18)26(28)29/h4-14H,1-3H3,(H-,24,27,30)/p+1. The van der Waals surface area contributed by atoms with Crippen LogP contribution in [0.3, 0.4) is 0 Å². The van der Waals surface area contributed by atoms with Gasteiger partial charge in [0.05, 0.1) is 4.92 Å². The second-order valence-electron chi connectivity index (χ2n) is 7.06. The second kappa shape index (κ2) is 8.84. The molecule has 0 saturated heterocycles. The van der Waals surface area contributed by atoms with Crippen LogP contribution in [0.1, 0.15) is 22.3 Å². The molecule has 0 spiro atoms. The highest BCUT2D eigenvalue weighted by molar-refractivity contribution is 7.81. The van der Waals surface area contributed by atoms with Crippen LogP contribution in [-0.4, -0.2) is 15.0 Å². The molecule has 0 saturated carbocycles. The van der Waals surface area contributed by atoms with Crippen molar-refractivity contribution in [3.8, 4) is 0 Å². The summed E-state index contributed by atoms with van der Waals surface area (Å²) in [4.78, 5) is 10.8. The predicted molar refractivity (Wildman–Crippen MR) is 122 cm³/mol. The van der Waals surface area contributed by atoms with Crippen molar-refractivity contribution in [2.45, 2.75) is 20.8 Å². The van der Waals surface area contributed by atoms with Crippen molar-refractivity contribution < 1.29 is 14.6 Å². The number of anilines is 1. The Hall–Kier alpha value is -3.58. The lowest BCUT2D eigenvalue weighted by atomic mass is 10.1. The maximum atomic E-state index is 11.1. The first-order chi connectivity index (χ1) is 14.3. The topological polar surface area (TPSA) is 79.3 Å². The molecule has 1 aromatic heterocycles. The Morgan fingerprint density at radius 3 is 2.37 bits per heavy atom. The van der Waals surface area contributed by atoms with Gasteiger partial charge in [0.1, 0.15) is 0 Å². The zero-order chi connectivity index (χ0) is 21.8. The van der Waals surface area contributed by atoms with E-state index in [1.165, 1.54) is 24.3 Å². The van der Waals surface area contributed by atoms with E-state index in [1.807, 2.05) is 57.3 Å². The molecule has 0 aliphatic heterocycles. The van der Waals surface area contributed by atoms with Gasteiger partial charge in [0.2, 0.25) is 0 Å². The quantitative estimate of drug-likeness (QED) is 0.149. The fourth-order valence-corrected chi connectivity index (χ4v) is 3.40. The lowest BCUT2D eigenvalue weighted by molar-refractivity contribution is -0.576. The SMILES string of the molecule is Cc1ccc(NC(=S)C(=C(O)c2ccc([N+](=O)[O-])cc2)[n+]2cccc(C)c2)c(C)c1. The fourth-order valence-electron chi connectivity index (χ4n) is 3.09. The van der Waals surface area contributed by atoms with Gasteiger partial charge in [0.15, 0.2) is 23.1 Å². The maximum absolute atomic E-state index is 11.1. The van der Waals surface area contributed by atoms with Gasteiger partial charge >= 0.3 is 0 Å². The first kappa shape index (κ1) is 21.1. The van der Waals surface area contributed by atoms with Crippen LogP contribution in [0.4, 0.5) is 11.4 Å². The Balaban J connectivity index is 2.09. The number of pyridine rings is 1. The number of aryl methyl sites for hydroxylation is 3. The lowest BCUT2D eigenvalue weighted by Gasteiger charge is -2.12. The molecule has 152 valence electrons. The van der Waals surface area contributed by atoms with Crippen molar-refractivity contribution in [1.82, 2.24) is 0 Å². The van der Waals surface area contributed by atoms with Gasteiger partial charge < -0.3 is 10.4 Å². The zero-order valence-corrected chi connectivity index (χ0v) is 17.7. The third kappa shape index (κ3) is 4.69. The number of aliphatic hydroxyl groups excluding tert-OH is 1. The highest BCUT2D eigenvalue weighted by Gasteiger charge is 2.24. The third-order valence-corrected chi connectivity index (χ3v) is 4.92. The van der Waals surface area contributed by atoms with E-state index in [0.717, 1.165) is 22.4 Å². The molecule has 3 aromatic rings. The Morgan fingerprint density at radius 1 is 1.07 bits per heavy atom. The van der Waals surface area contributed by atoms with Crippen molar-refractivity contribution in [3.05, 3.63) is 99.4 Å². The molecule has 0 amide bonds. The average Bonchev–Trinajstić information content (AvgIpc) is 2.70. The minimum Gasteiger partial charge on any atom is -0.502 e. The number of aromatic nitrogens is 1. The number of nitrogens with zero attached hydrogens (tertiary/aromatic N) is 2. The van der Waals surface area contributed by atoms with E-state index in [9.17, 15) is 15.2 Å². The second-order valence-corrected chi connectivity index (χ2v) is 7.47. The molecular formula is C23H22N3O3S+. The van der Waals surface area contributed by atoms with Gasteiger partial charge in [-0.25, -0.2) is 0 Å². The molecular weight excluding hydrogens is 398 g/mol. The molecule has 0 aliphatic carbocycles. The number of aliphatic hydroxyl groups is 1. The Labute approximate surface area is 180 Å². The molecule has 0 bridgehead atoms. The Bertz CT molecular complexity index is 1150. The molecule has 0 fully saturated rings. The van der Waals surface area contributed by atoms with Crippen molar-refractivity contribution in [1.29, 1.82) is 0 Å². The molecule has 2 N–H and O–H groups in total. The number of benzene rings is 2. The summed E-state index contributed by atoms with van der Waals surface area (Å²) >= 11 is 5.66. The molecule has 7 heteroatoms. The Kier molecular flexibility index (Phi) is 6.23. The van der Waals surface area contributed by atoms with Gasteiger partial charge in [-0.15, -0.1) is 0 Å². The van der Waals surface area contributed by atoms with Gasteiger partial charge in [-0.05, 0) is 50.6 Å². The molecule has 0 radical (unpaired) electrons. The minimum atomic E-state index is -0.479. The normalized spacial score (nSPS) is 11.6. The minimum absolute atomic E-state index is 0.0488. The molecule has 2 aromatic carbocycles. The van der Waals surface area contributed by atoms with Crippen molar-refractivity contribution in [2.75, 3.05) is 5.32 Å². The van der Waals surface area contributed by atoms with Gasteiger partial charge in [-0.1, -0.05) is 29.9 Å². The number of thiocarbonyl (C=S) groups is 1. The summed E-state index contributed by atoms with van der Waals surface area (Å²) in [5.41, 5.74) is 4.75. The molecule has 1 heterocycles. The third-order valence-electron chi connectivity index (χ3n) is 4.63. The van der Waals surface area contributed by atoms with Crippen molar-refractivity contribution in [2.24, 2.45) is 0 Å². The van der Waals surface area contributed by atoms with E-state index in [2.05, 4.69) is 5.32 Å². The highest BCUT2D eigenvalue weighted by atomic mass is 32.1. The summed E-state index contributed by atoms with van der Waals surface area (Å²) in [6.45, 7) is 5.94. The number of nitrogens with one attached hydrogen (secondary N) is 1. The lowest BCUT2D eigenvalue weighted by Crippen LogP contribution is -2.38. The van der Waals surface area contributed by atoms with Gasteiger partial charge in [-0.2, -0.15) is 4.57 Å². The van der Waals surface area contributed by atoms with Crippen LogP contribution in [0.5, 0.6) is 0 Å². The largest absolute Gasteiger partial charge is 0.502 e. The molecule has 0 unspecified atom stereocenters. The molecule has 3 rings (SSSR count). The summed E-state index contributed by atoms with van der Waals surface area (Å²) in [5, 5.41) is 25.2. The van der Waals surface area contributed by atoms with Crippen molar-refractivity contribution in [3.63, 3.8) is 0 Å². The number of hydrogen-bond acceptors (Lipinski definition) is 4. The smallest absolute Gasteiger partial charge is 0.288 e. The molecule has 0 aliphatic rings. The molecule has 6 nitrogen and oxygen atoms in total. The summed E-state index contributed by atoms with van der Waals surface area (Å²) < 4.78 is 1.74. The van der Waals surface area contributed by atoms with E-state index in [1.54, 1.807) is 10.8 Å². The van der Waals surface area contributed by atoms with Crippen LogP contribution in [0.15, 0.2) is 67.0 Å². The van der Waals surface area contributed by atoms with Crippen LogP contribution in [0.2, 0.25) is 0 Å². The number of non-ortho nitro benzene ring substituents is 1. The number of hydrogen-bond donors (Lipinski definition) is 2. The number of nitro benzene ring substituents is 1. The monoisotopic (exact) mass is 420 g/mol. The van der Waals surface area contributed by atoms with Gasteiger partial charge in [0, 0.05) is 35.0 Å². The zero-order valence-electron chi connectivity index (χ0n) is 16.9. The predicted octanol–water partition coefficient (Wildman–Crippen LogP) is 5.13.